The summed E-state index contributed by atoms with van der Waals surface area (Å²) in [6.45, 7) is 2.48. The van der Waals surface area contributed by atoms with Crippen molar-refractivity contribution in [1.82, 2.24) is 4.72 Å². The number of hydrogen-bond acceptors (Lipinski definition) is 6. The van der Waals surface area contributed by atoms with Gasteiger partial charge in [-0.2, -0.15) is 17.9 Å². The van der Waals surface area contributed by atoms with Crippen molar-refractivity contribution in [3.63, 3.8) is 0 Å². The minimum Gasteiger partial charge on any atom is -0.465 e. The monoisotopic (exact) mass is 397 g/mol. The Morgan fingerprint density at radius 3 is 2.38 bits per heavy atom. The number of alkyl halides is 3. The average Bonchev–Trinajstić information content (AvgIpc) is 2.51. The molecule has 0 heterocycles. The van der Waals surface area contributed by atoms with Gasteiger partial charge in [0.15, 0.2) is 0 Å². The van der Waals surface area contributed by atoms with Crippen LogP contribution in [0, 0.1) is 0 Å². The highest BCUT2D eigenvalue weighted by Crippen LogP contribution is 2.24. The summed E-state index contributed by atoms with van der Waals surface area (Å²) in [4.78, 5) is 22.9. The standard InChI is InChI=1S/C15H18F3NO6S/c1-3-24-14(21)12(19-26(22,23)15(16,17)18)9-8-11-6-4-5-7-13(11)25-10(2)20/h4-7,12,19H,3,8-9H2,1-2H3/t12-/m0/s1. The van der Waals surface area contributed by atoms with Gasteiger partial charge in [-0.3, -0.25) is 9.59 Å². The number of benzene rings is 1. The van der Waals surface area contributed by atoms with Crippen molar-refractivity contribution in [2.75, 3.05) is 6.61 Å². The molecular formula is C15H18F3NO6S. The molecule has 26 heavy (non-hydrogen) atoms. The molecule has 0 aromatic heterocycles. The topological polar surface area (TPSA) is 98.8 Å². The molecule has 0 unspecified atom stereocenters. The summed E-state index contributed by atoms with van der Waals surface area (Å²) in [5, 5.41) is 0. The molecular weight excluding hydrogens is 379 g/mol. The van der Waals surface area contributed by atoms with Crippen molar-refractivity contribution in [1.29, 1.82) is 0 Å². The number of ether oxygens (including phenoxy) is 2. The van der Waals surface area contributed by atoms with Crippen LogP contribution in [0.25, 0.3) is 0 Å². The quantitative estimate of drug-likeness (QED) is 0.532. The lowest BCUT2D eigenvalue weighted by molar-refractivity contribution is -0.145. The lowest BCUT2D eigenvalue weighted by Gasteiger charge is -2.19. The number of esters is 2. The Balaban J connectivity index is 2.98. The van der Waals surface area contributed by atoms with Gasteiger partial charge in [0.25, 0.3) is 0 Å². The van der Waals surface area contributed by atoms with Crippen LogP contribution in [-0.2, 0) is 30.8 Å². The highest BCUT2D eigenvalue weighted by Gasteiger charge is 2.47. The zero-order chi connectivity index (χ0) is 20.0. The van der Waals surface area contributed by atoms with E-state index in [1.165, 1.54) is 24.6 Å². The van der Waals surface area contributed by atoms with E-state index in [1.807, 2.05) is 0 Å². The molecule has 0 amide bonds. The summed E-state index contributed by atoms with van der Waals surface area (Å²) in [7, 11) is -5.73. The van der Waals surface area contributed by atoms with Crippen LogP contribution < -0.4 is 9.46 Å². The molecule has 0 bridgehead atoms. The van der Waals surface area contributed by atoms with E-state index in [0.717, 1.165) is 0 Å². The number of aryl methyl sites for hydroxylation is 1. The summed E-state index contributed by atoms with van der Waals surface area (Å²) >= 11 is 0. The van der Waals surface area contributed by atoms with Crippen LogP contribution in [0.5, 0.6) is 5.75 Å². The maximum Gasteiger partial charge on any atom is 0.511 e. The number of nitrogens with one attached hydrogen (secondary N) is 1. The molecule has 7 nitrogen and oxygen atoms in total. The summed E-state index contributed by atoms with van der Waals surface area (Å²) < 4.78 is 71.1. The fourth-order valence-corrected chi connectivity index (χ4v) is 2.71. The molecule has 1 aromatic carbocycles. The van der Waals surface area contributed by atoms with E-state index in [-0.39, 0.29) is 25.2 Å². The highest BCUT2D eigenvalue weighted by atomic mass is 32.2. The van der Waals surface area contributed by atoms with Crippen molar-refractivity contribution >= 4 is 22.0 Å². The van der Waals surface area contributed by atoms with E-state index in [0.29, 0.717) is 5.56 Å². The number of halogens is 3. The van der Waals surface area contributed by atoms with Crippen molar-refractivity contribution < 1.29 is 40.7 Å². The van der Waals surface area contributed by atoms with Crippen LogP contribution in [0.1, 0.15) is 25.8 Å². The third kappa shape index (κ3) is 6.30. The Morgan fingerprint density at radius 1 is 1.23 bits per heavy atom. The van der Waals surface area contributed by atoms with Crippen molar-refractivity contribution in [2.45, 2.75) is 38.2 Å². The fourth-order valence-electron chi connectivity index (χ4n) is 1.99. The lowest BCUT2D eigenvalue weighted by Crippen LogP contribution is -2.47. The van der Waals surface area contributed by atoms with Crippen molar-refractivity contribution in [3.05, 3.63) is 29.8 Å². The number of carbonyl (C=O) groups is 2. The normalized spacial score (nSPS) is 13.1. The molecule has 0 spiro atoms. The average molecular weight is 397 g/mol. The SMILES string of the molecule is CCOC(=O)[C@H](CCc1ccccc1OC(C)=O)NS(=O)(=O)C(F)(F)F. The van der Waals surface area contributed by atoms with Gasteiger partial charge in [-0.1, -0.05) is 18.2 Å². The van der Waals surface area contributed by atoms with Crippen LogP contribution in [0.2, 0.25) is 0 Å². The second-order valence-electron chi connectivity index (χ2n) is 5.11. The molecule has 0 aliphatic rings. The second-order valence-corrected chi connectivity index (χ2v) is 6.82. The van der Waals surface area contributed by atoms with E-state index < -0.39 is 33.5 Å². The van der Waals surface area contributed by atoms with Gasteiger partial charge in [0.1, 0.15) is 11.8 Å². The lowest BCUT2D eigenvalue weighted by atomic mass is 10.0. The van der Waals surface area contributed by atoms with Gasteiger partial charge in [0.05, 0.1) is 6.61 Å². The molecule has 11 heteroatoms. The van der Waals surface area contributed by atoms with Gasteiger partial charge in [0, 0.05) is 6.92 Å². The Kier molecular flexibility index (Phi) is 7.57. The number of hydrogen-bond donors (Lipinski definition) is 1. The summed E-state index contributed by atoms with van der Waals surface area (Å²) in [5.41, 5.74) is -5.14. The maximum atomic E-state index is 12.6. The molecule has 0 aliphatic carbocycles. The largest absolute Gasteiger partial charge is 0.511 e. The zero-order valence-corrected chi connectivity index (χ0v) is 14.8. The molecule has 0 radical (unpaired) electrons. The molecule has 0 aliphatic heterocycles. The molecule has 146 valence electrons. The molecule has 1 N–H and O–H groups in total. The molecule has 0 fully saturated rings. The first-order chi connectivity index (χ1) is 12.0. The first-order valence-electron chi connectivity index (χ1n) is 7.49. The minimum atomic E-state index is -5.73. The van der Waals surface area contributed by atoms with Crippen LogP contribution in [0.3, 0.4) is 0 Å². The highest BCUT2D eigenvalue weighted by molar-refractivity contribution is 7.90. The number of carbonyl (C=O) groups excluding carboxylic acids is 2. The first kappa shape index (κ1) is 21.9. The molecule has 1 rings (SSSR count). The van der Waals surface area contributed by atoms with E-state index >= 15 is 0 Å². The predicted molar refractivity (Wildman–Crippen MR) is 84.6 cm³/mol. The summed E-state index contributed by atoms with van der Waals surface area (Å²) in [6, 6.07) is 4.44. The van der Waals surface area contributed by atoms with Crippen molar-refractivity contribution in [2.24, 2.45) is 0 Å². The predicted octanol–water partition coefficient (Wildman–Crippen LogP) is 1.92. The van der Waals surface area contributed by atoms with Gasteiger partial charge in [0.2, 0.25) is 0 Å². The maximum absolute atomic E-state index is 12.6. The van der Waals surface area contributed by atoms with Gasteiger partial charge < -0.3 is 9.47 Å². The van der Waals surface area contributed by atoms with Crippen LogP contribution in [0.4, 0.5) is 13.2 Å². The third-order valence-corrected chi connectivity index (χ3v) is 4.31. The van der Waals surface area contributed by atoms with Crippen LogP contribution in [-0.4, -0.2) is 38.5 Å². The van der Waals surface area contributed by atoms with Gasteiger partial charge in [-0.25, -0.2) is 8.42 Å². The Morgan fingerprint density at radius 2 is 1.85 bits per heavy atom. The zero-order valence-electron chi connectivity index (χ0n) is 14.0. The van der Waals surface area contributed by atoms with Gasteiger partial charge in [-0.05, 0) is 31.4 Å². The minimum absolute atomic E-state index is 0.0344. The van der Waals surface area contributed by atoms with E-state index in [9.17, 15) is 31.2 Å². The number of para-hydroxylation sites is 1. The van der Waals surface area contributed by atoms with Crippen molar-refractivity contribution in [3.8, 4) is 5.75 Å². The van der Waals surface area contributed by atoms with E-state index in [1.54, 1.807) is 18.2 Å². The molecule has 0 saturated heterocycles. The van der Waals surface area contributed by atoms with E-state index in [4.69, 9.17) is 4.74 Å². The Labute approximate surface area is 148 Å². The molecule has 1 atom stereocenters. The Hall–Kier alpha value is -2.14. The van der Waals surface area contributed by atoms with Crippen LogP contribution >= 0.6 is 0 Å². The van der Waals surface area contributed by atoms with Gasteiger partial charge >= 0.3 is 27.5 Å². The smallest absolute Gasteiger partial charge is 0.465 e. The summed E-state index contributed by atoms with van der Waals surface area (Å²) in [6.07, 6.45) is -0.361. The van der Waals surface area contributed by atoms with Gasteiger partial charge in [-0.15, -0.1) is 0 Å². The summed E-state index contributed by atoms with van der Waals surface area (Å²) in [5.74, 6) is -1.57. The number of sulfonamides is 1. The molecule has 0 saturated carbocycles. The first-order valence-corrected chi connectivity index (χ1v) is 8.97. The third-order valence-electron chi connectivity index (χ3n) is 3.10. The van der Waals surface area contributed by atoms with Crippen LogP contribution in [0.15, 0.2) is 24.3 Å². The Bertz CT molecular complexity index is 748. The fraction of sp³-hybridized carbons (Fsp3) is 0.467. The number of rotatable bonds is 8. The van der Waals surface area contributed by atoms with E-state index in [2.05, 4.69) is 4.74 Å². The second kappa shape index (κ2) is 8.99. The molecule has 1 aromatic rings.